The number of nitrogens with two attached hydrogens (primary N) is 1. The van der Waals surface area contributed by atoms with E-state index in [2.05, 4.69) is 13.7 Å². The van der Waals surface area contributed by atoms with Crippen LogP contribution in [0.5, 0.6) is 0 Å². The number of carbonyl (C=O) groups excluding carboxylic acids is 1. The average Bonchev–Trinajstić information content (AvgIpc) is 2.47. The molecule has 12 nitrogen and oxygen atoms in total. The lowest BCUT2D eigenvalue weighted by molar-refractivity contribution is 0.0190. The maximum Gasteiger partial charge on any atom is 0.325 e. The Morgan fingerprint density at radius 3 is 1.85 bits per heavy atom. The molecule has 0 unspecified atom stereocenters. The molecule has 0 aromatic heterocycles. The molecule has 1 rings (SSSR count). The third-order valence-corrected chi connectivity index (χ3v) is 4.29. The van der Waals surface area contributed by atoms with Crippen molar-refractivity contribution in [2.75, 3.05) is 18.8 Å². The predicted octanol–water partition coefficient (Wildman–Crippen LogP) is -1.37. The molecule has 2 N–H and O–H groups in total. The van der Waals surface area contributed by atoms with Crippen LogP contribution in [-0.4, -0.2) is 61.0 Å². The number of oxime groups is 1. The minimum absolute atomic E-state index is 0.0179. The van der Waals surface area contributed by atoms with Crippen LogP contribution in [0.15, 0.2) is 34.3 Å². The van der Waals surface area contributed by atoms with E-state index in [-0.39, 0.29) is 15.5 Å². The first-order valence-electron chi connectivity index (χ1n) is 6.36. The van der Waals surface area contributed by atoms with E-state index in [4.69, 9.17) is 5.73 Å². The van der Waals surface area contributed by atoms with Crippen LogP contribution in [0.3, 0.4) is 0 Å². The van der Waals surface area contributed by atoms with E-state index in [1.54, 1.807) is 0 Å². The van der Waals surface area contributed by atoms with Crippen molar-refractivity contribution < 1.29 is 38.6 Å². The first kappa shape index (κ1) is 21.8. The highest BCUT2D eigenvalue weighted by Crippen LogP contribution is 2.13. The summed E-state index contributed by atoms with van der Waals surface area (Å²) in [5.74, 6) is -2.20. The number of rotatable bonds is 6. The molecule has 0 bridgehead atoms. The molecule has 0 heterocycles. The van der Waals surface area contributed by atoms with Gasteiger partial charge in [-0.2, -0.15) is 16.8 Å². The number of benzene rings is 1. The van der Waals surface area contributed by atoms with Gasteiger partial charge in [0.05, 0.1) is 17.4 Å². The number of hydroxylamine groups is 2. The zero-order valence-corrected chi connectivity index (χ0v) is 16.1. The third-order valence-electron chi connectivity index (χ3n) is 2.40. The van der Waals surface area contributed by atoms with Gasteiger partial charge >= 0.3 is 10.1 Å². The number of hydrogen-bond donors (Lipinski definition) is 1. The SMILES string of the molecule is CS(=O)(=O)O/N=C(\N)N(OS(C)(=O)=O)C(=O)c1ccc(S(C)(=O)=O)cc1. The standard InChI is InChI=1S/C11H15N3O9S3/c1-24(16,17)9-6-4-8(5-7-9)10(15)14(23-26(3,20)21)11(12)13-22-25(2,18)19/h4-7H,1-3H3,(H2,12,13). The molecule has 1 aromatic carbocycles. The van der Waals surface area contributed by atoms with E-state index in [1.165, 1.54) is 0 Å². The van der Waals surface area contributed by atoms with E-state index >= 15 is 0 Å². The van der Waals surface area contributed by atoms with Gasteiger partial charge in [0, 0.05) is 11.8 Å². The molecule has 0 saturated carbocycles. The Bertz CT molecular complexity index is 1030. The van der Waals surface area contributed by atoms with Crippen LogP contribution in [0.1, 0.15) is 10.4 Å². The maximum atomic E-state index is 12.4. The van der Waals surface area contributed by atoms with Gasteiger partial charge in [-0.05, 0) is 29.4 Å². The van der Waals surface area contributed by atoms with Gasteiger partial charge in [0.1, 0.15) is 0 Å². The third kappa shape index (κ3) is 6.95. The number of sulfone groups is 1. The highest BCUT2D eigenvalue weighted by molar-refractivity contribution is 7.90. The molecular formula is C11H15N3O9S3. The monoisotopic (exact) mass is 429 g/mol. The molecule has 0 spiro atoms. The normalized spacial score (nSPS) is 13.3. The lowest BCUT2D eigenvalue weighted by Gasteiger charge is -2.18. The van der Waals surface area contributed by atoms with Crippen molar-refractivity contribution in [3.8, 4) is 0 Å². The van der Waals surface area contributed by atoms with Crippen molar-refractivity contribution in [3.05, 3.63) is 29.8 Å². The number of carbonyl (C=O) groups is 1. The van der Waals surface area contributed by atoms with E-state index in [0.29, 0.717) is 12.5 Å². The second kappa shape index (κ2) is 7.56. The quantitative estimate of drug-likeness (QED) is 0.322. The van der Waals surface area contributed by atoms with Crippen molar-refractivity contribution in [1.29, 1.82) is 0 Å². The Balaban J connectivity index is 3.27. The van der Waals surface area contributed by atoms with Crippen LogP contribution in [0, 0.1) is 0 Å². The maximum absolute atomic E-state index is 12.4. The Hall–Kier alpha value is -2.23. The van der Waals surface area contributed by atoms with Crippen LogP contribution in [0.4, 0.5) is 0 Å². The van der Waals surface area contributed by atoms with Crippen LogP contribution in [0.25, 0.3) is 0 Å². The molecule has 0 aliphatic heterocycles. The van der Waals surface area contributed by atoms with Crippen LogP contribution < -0.4 is 5.73 Å². The predicted molar refractivity (Wildman–Crippen MR) is 89.2 cm³/mol. The van der Waals surface area contributed by atoms with Gasteiger partial charge in [-0.25, -0.2) is 8.42 Å². The van der Waals surface area contributed by atoms with Crippen molar-refractivity contribution in [2.45, 2.75) is 4.90 Å². The van der Waals surface area contributed by atoms with Gasteiger partial charge in [0.15, 0.2) is 9.84 Å². The van der Waals surface area contributed by atoms with E-state index in [0.717, 1.165) is 30.5 Å². The molecule has 26 heavy (non-hydrogen) atoms. The average molecular weight is 429 g/mol. The summed E-state index contributed by atoms with van der Waals surface area (Å²) in [6.45, 7) is 0. The molecule has 0 aliphatic carbocycles. The summed E-state index contributed by atoms with van der Waals surface area (Å²) in [5, 5.41) is 2.89. The molecule has 146 valence electrons. The Morgan fingerprint density at radius 2 is 1.46 bits per heavy atom. The Labute approximate surface area is 150 Å². The van der Waals surface area contributed by atoms with Gasteiger partial charge in [0.2, 0.25) is 0 Å². The van der Waals surface area contributed by atoms with Crippen molar-refractivity contribution in [2.24, 2.45) is 10.9 Å². The first-order chi connectivity index (χ1) is 11.6. The number of amides is 1. The number of guanidine groups is 1. The highest BCUT2D eigenvalue weighted by atomic mass is 32.2. The van der Waals surface area contributed by atoms with Gasteiger partial charge in [0.25, 0.3) is 22.0 Å². The zero-order valence-electron chi connectivity index (χ0n) is 13.7. The molecule has 15 heteroatoms. The molecule has 0 atom stereocenters. The fraction of sp³-hybridized carbons (Fsp3) is 0.273. The fourth-order valence-corrected chi connectivity index (χ4v) is 2.67. The van der Waals surface area contributed by atoms with Gasteiger partial charge in [-0.1, -0.05) is 0 Å². The molecule has 0 radical (unpaired) electrons. The summed E-state index contributed by atoms with van der Waals surface area (Å²) in [5.41, 5.74) is 5.13. The lowest BCUT2D eigenvalue weighted by Crippen LogP contribution is -2.43. The van der Waals surface area contributed by atoms with Gasteiger partial charge in [-0.15, -0.1) is 9.35 Å². The van der Waals surface area contributed by atoms with Crippen molar-refractivity contribution in [1.82, 2.24) is 5.06 Å². The summed E-state index contributed by atoms with van der Waals surface area (Å²) in [6.07, 6.45) is 2.19. The first-order valence-corrected chi connectivity index (χ1v) is 11.9. The summed E-state index contributed by atoms with van der Waals surface area (Å²) in [7, 11) is -11.9. The summed E-state index contributed by atoms with van der Waals surface area (Å²) in [4.78, 5) is 12.3. The zero-order chi connectivity index (χ0) is 20.3. The molecule has 0 fully saturated rings. The lowest BCUT2D eigenvalue weighted by atomic mass is 10.2. The van der Waals surface area contributed by atoms with Crippen LogP contribution >= 0.6 is 0 Å². The molecule has 1 aromatic rings. The Kier molecular flexibility index (Phi) is 6.35. The largest absolute Gasteiger partial charge is 0.365 e. The molecular weight excluding hydrogens is 414 g/mol. The Morgan fingerprint density at radius 1 is 0.962 bits per heavy atom. The van der Waals surface area contributed by atoms with Crippen LogP contribution in [-0.2, 0) is 38.6 Å². The topological polar surface area (TPSA) is 180 Å². The summed E-state index contributed by atoms with van der Waals surface area (Å²) < 4.78 is 75.7. The molecule has 0 aliphatic rings. The van der Waals surface area contributed by atoms with Crippen molar-refractivity contribution >= 4 is 41.9 Å². The fourth-order valence-electron chi connectivity index (χ4n) is 1.42. The summed E-state index contributed by atoms with van der Waals surface area (Å²) in [6, 6.07) is 4.34. The minimum Gasteiger partial charge on any atom is -0.365 e. The second-order valence-corrected chi connectivity index (χ2v) is 10.0. The van der Waals surface area contributed by atoms with Crippen molar-refractivity contribution in [3.63, 3.8) is 0 Å². The van der Waals surface area contributed by atoms with E-state index in [1.807, 2.05) is 0 Å². The number of nitrogens with zero attached hydrogens (tertiary/aromatic N) is 2. The van der Waals surface area contributed by atoms with Gasteiger partial charge in [-0.3, -0.25) is 9.08 Å². The molecule has 0 saturated heterocycles. The highest BCUT2D eigenvalue weighted by Gasteiger charge is 2.26. The van der Waals surface area contributed by atoms with E-state index < -0.39 is 41.9 Å². The van der Waals surface area contributed by atoms with Gasteiger partial charge < -0.3 is 5.73 Å². The smallest absolute Gasteiger partial charge is 0.325 e. The minimum atomic E-state index is -4.26. The number of hydrogen-bond acceptors (Lipinski definition) is 10. The molecule has 1 amide bonds. The second-order valence-electron chi connectivity index (χ2n) is 4.90. The van der Waals surface area contributed by atoms with Crippen LogP contribution in [0.2, 0.25) is 0 Å². The van der Waals surface area contributed by atoms with E-state index in [9.17, 15) is 30.0 Å². The summed E-state index contributed by atoms with van der Waals surface area (Å²) >= 11 is 0.